The molecule has 0 saturated heterocycles. The third-order valence-corrected chi connectivity index (χ3v) is 7.49. The average molecular weight is 507 g/mol. The van der Waals surface area contributed by atoms with Crippen LogP contribution in [0.15, 0.2) is 60.7 Å². The summed E-state index contributed by atoms with van der Waals surface area (Å²) in [5, 5.41) is 2.70. The van der Waals surface area contributed by atoms with Gasteiger partial charge in [-0.2, -0.15) is 0 Å². The number of aryl methyl sites for hydroxylation is 1. The number of nitrogens with one attached hydrogen (secondary N) is 1. The number of carbonyl (C=O) groups excluding carboxylic acids is 3. The number of ether oxygens (including phenoxy) is 1. The molecule has 3 aromatic rings. The summed E-state index contributed by atoms with van der Waals surface area (Å²) in [5.74, 6) is -1.92. The van der Waals surface area contributed by atoms with Crippen LogP contribution in [0.4, 0.5) is 0 Å². The number of hydrogen-bond donors (Lipinski definition) is 2. The van der Waals surface area contributed by atoms with E-state index in [0.717, 1.165) is 17.2 Å². The lowest BCUT2D eigenvalue weighted by atomic mass is 10.0. The van der Waals surface area contributed by atoms with Crippen LogP contribution in [-0.2, 0) is 27.5 Å². The molecule has 2 aromatic carbocycles. The molecule has 8 nitrogen and oxygen atoms in total. The van der Waals surface area contributed by atoms with E-state index in [9.17, 15) is 14.4 Å². The third-order valence-electron chi connectivity index (χ3n) is 5.78. The average Bonchev–Trinajstić information content (AvgIpc) is 3.17. The summed E-state index contributed by atoms with van der Waals surface area (Å²) in [6.07, 6.45) is 0.133. The van der Waals surface area contributed by atoms with Crippen molar-refractivity contribution in [2.75, 3.05) is 6.61 Å². The monoisotopic (exact) mass is 506 g/mol. The first-order chi connectivity index (χ1) is 17.1. The summed E-state index contributed by atoms with van der Waals surface area (Å²) >= 11 is 0. The standard InChI is InChI=1S/C27H34N4O4Si/c1-19-29-23(27(34)30-22(25(32)26(28)33)17-20-11-7-5-8-12-20)24(21-13-9-6-10-14-21)31(19)18-35-15-16-36(2,3)4/h5-14,22H,15-18H2,1-4H3,(H2,28,33)(H,30,34). The summed E-state index contributed by atoms with van der Waals surface area (Å²) in [5.41, 5.74) is 7.60. The first-order valence-corrected chi connectivity index (χ1v) is 15.7. The van der Waals surface area contributed by atoms with Crippen molar-refractivity contribution >= 4 is 25.7 Å². The highest BCUT2D eigenvalue weighted by Crippen LogP contribution is 2.26. The van der Waals surface area contributed by atoms with Gasteiger partial charge in [0.1, 0.15) is 18.6 Å². The number of ketones is 1. The number of nitrogens with zero attached hydrogens (tertiary/aromatic N) is 2. The van der Waals surface area contributed by atoms with Crippen molar-refractivity contribution in [3.05, 3.63) is 77.7 Å². The van der Waals surface area contributed by atoms with Gasteiger partial charge in [0.25, 0.3) is 11.8 Å². The molecule has 2 amide bonds. The van der Waals surface area contributed by atoms with Gasteiger partial charge in [-0.15, -0.1) is 0 Å². The lowest BCUT2D eigenvalue weighted by Crippen LogP contribution is -2.47. The fourth-order valence-corrected chi connectivity index (χ4v) is 4.52. The lowest BCUT2D eigenvalue weighted by Gasteiger charge is -2.18. The van der Waals surface area contributed by atoms with E-state index in [0.29, 0.717) is 18.1 Å². The lowest BCUT2D eigenvalue weighted by molar-refractivity contribution is -0.137. The molecule has 36 heavy (non-hydrogen) atoms. The summed E-state index contributed by atoms with van der Waals surface area (Å²) in [6, 6.07) is 18.5. The first kappa shape index (κ1) is 27.0. The van der Waals surface area contributed by atoms with Gasteiger partial charge in [-0.25, -0.2) is 4.98 Å². The maximum absolute atomic E-state index is 13.5. The van der Waals surface area contributed by atoms with Crippen molar-refractivity contribution in [1.29, 1.82) is 0 Å². The zero-order valence-corrected chi connectivity index (χ0v) is 22.3. The van der Waals surface area contributed by atoms with E-state index in [1.54, 1.807) is 6.92 Å². The normalized spacial score (nSPS) is 12.2. The molecule has 190 valence electrons. The second-order valence-electron chi connectivity index (χ2n) is 9.94. The van der Waals surface area contributed by atoms with E-state index in [1.165, 1.54) is 0 Å². The van der Waals surface area contributed by atoms with Crippen LogP contribution in [0.2, 0.25) is 25.7 Å². The number of imidazole rings is 1. The maximum Gasteiger partial charge on any atom is 0.287 e. The number of aromatic nitrogens is 2. The zero-order chi connectivity index (χ0) is 26.3. The molecule has 9 heteroatoms. The highest BCUT2D eigenvalue weighted by atomic mass is 28.3. The molecule has 0 aliphatic carbocycles. The Kier molecular flexibility index (Phi) is 8.95. The van der Waals surface area contributed by atoms with Crippen molar-refractivity contribution in [3.8, 4) is 11.3 Å². The second-order valence-corrected chi connectivity index (χ2v) is 15.6. The topological polar surface area (TPSA) is 116 Å². The summed E-state index contributed by atoms with van der Waals surface area (Å²) in [4.78, 5) is 42.3. The summed E-state index contributed by atoms with van der Waals surface area (Å²) < 4.78 is 7.83. The Morgan fingerprint density at radius 2 is 1.64 bits per heavy atom. The van der Waals surface area contributed by atoms with Gasteiger partial charge in [0.15, 0.2) is 5.69 Å². The molecule has 0 bridgehead atoms. The Morgan fingerprint density at radius 1 is 1.03 bits per heavy atom. The van der Waals surface area contributed by atoms with Crippen LogP contribution < -0.4 is 11.1 Å². The first-order valence-electron chi connectivity index (χ1n) is 12.0. The predicted molar refractivity (Wildman–Crippen MR) is 142 cm³/mol. The Labute approximate surface area is 212 Å². The van der Waals surface area contributed by atoms with Crippen molar-refractivity contribution in [2.45, 2.75) is 51.8 Å². The minimum Gasteiger partial charge on any atom is -0.363 e. The molecule has 0 aliphatic heterocycles. The van der Waals surface area contributed by atoms with Gasteiger partial charge >= 0.3 is 0 Å². The number of amides is 2. The van der Waals surface area contributed by atoms with E-state index in [2.05, 4.69) is 29.9 Å². The molecule has 0 saturated carbocycles. The van der Waals surface area contributed by atoms with Gasteiger partial charge < -0.3 is 20.4 Å². The molecular formula is C27H34N4O4Si. The quantitative estimate of drug-likeness (QED) is 0.221. The SMILES string of the molecule is Cc1nc(C(=O)NC(Cc2ccccc2)C(=O)C(N)=O)c(-c2ccccc2)n1COCC[Si](C)(C)C. The largest absolute Gasteiger partial charge is 0.363 e. The van der Waals surface area contributed by atoms with Crippen LogP contribution in [0.1, 0.15) is 21.9 Å². The fraction of sp³-hybridized carbons (Fsp3) is 0.333. The van der Waals surface area contributed by atoms with Gasteiger partial charge in [0.05, 0.1) is 5.69 Å². The van der Waals surface area contributed by atoms with Gasteiger partial charge in [-0.3, -0.25) is 14.4 Å². The van der Waals surface area contributed by atoms with Crippen molar-refractivity contribution in [1.82, 2.24) is 14.9 Å². The van der Waals surface area contributed by atoms with E-state index < -0.39 is 31.7 Å². The molecule has 1 unspecified atom stereocenters. The second kappa shape index (κ2) is 11.9. The molecule has 1 aromatic heterocycles. The third kappa shape index (κ3) is 7.22. The van der Waals surface area contributed by atoms with Gasteiger partial charge in [-0.1, -0.05) is 80.3 Å². The van der Waals surface area contributed by atoms with E-state index >= 15 is 0 Å². The van der Waals surface area contributed by atoms with Crippen LogP contribution in [-0.4, -0.2) is 47.9 Å². The number of benzene rings is 2. The molecular weight excluding hydrogens is 472 g/mol. The molecule has 3 N–H and O–H groups in total. The van der Waals surface area contributed by atoms with Crippen LogP contribution in [0.3, 0.4) is 0 Å². The minimum atomic E-state index is -1.25. The molecule has 0 spiro atoms. The fourth-order valence-electron chi connectivity index (χ4n) is 3.76. The Bertz CT molecular complexity index is 1200. The van der Waals surface area contributed by atoms with Crippen LogP contribution >= 0.6 is 0 Å². The molecule has 0 aliphatic rings. The minimum absolute atomic E-state index is 0.133. The Morgan fingerprint density at radius 3 is 2.22 bits per heavy atom. The van der Waals surface area contributed by atoms with E-state index in [-0.39, 0.29) is 18.8 Å². The van der Waals surface area contributed by atoms with Crippen LogP contribution in [0.5, 0.6) is 0 Å². The van der Waals surface area contributed by atoms with Gasteiger partial charge in [-0.05, 0) is 18.5 Å². The number of carbonyl (C=O) groups is 3. The van der Waals surface area contributed by atoms with E-state index in [4.69, 9.17) is 10.5 Å². The van der Waals surface area contributed by atoms with Crippen molar-refractivity contribution in [3.63, 3.8) is 0 Å². The molecule has 1 heterocycles. The van der Waals surface area contributed by atoms with Gasteiger partial charge in [0, 0.05) is 26.7 Å². The van der Waals surface area contributed by atoms with Crippen LogP contribution in [0, 0.1) is 6.92 Å². The molecule has 0 radical (unpaired) electrons. The molecule has 3 rings (SSSR count). The van der Waals surface area contributed by atoms with Crippen LogP contribution in [0.25, 0.3) is 11.3 Å². The van der Waals surface area contributed by atoms with Crippen molar-refractivity contribution < 1.29 is 19.1 Å². The Hall–Kier alpha value is -3.56. The summed E-state index contributed by atoms with van der Waals surface area (Å²) in [7, 11) is -1.25. The zero-order valence-electron chi connectivity index (χ0n) is 21.3. The van der Waals surface area contributed by atoms with E-state index in [1.807, 2.05) is 65.2 Å². The highest BCUT2D eigenvalue weighted by Gasteiger charge is 2.29. The highest BCUT2D eigenvalue weighted by molar-refractivity contribution is 6.76. The van der Waals surface area contributed by atoms with Gasteiger partial charge in [0.2, 0.25) is 5.78 Å². The predicted octanol–water partition coefficient (Wildman–Crippen LogP) is 3.57. The molecule has 0 fully saturated rings. The van der Waals surface area contributed by atoms with Crippen molar-refractivity contribution in [2.24, 2.45) is 5.73 Å². The molecule has 1 atom stereocenters. The summed E-state index contributed by atoms with van der Waals surface area (Å²) in [6.45, 7) is 9.53. The number of primary amides is 1. The number of Topliss-reactive ketones (excluding diaryl/α,β-unsaturated/α-hetero) is 1. The smallest absolute Gasteiger partial charge is 0.287 e. The number of nitrogens with two attached hydrogens (primary N) is 1. The maximum atomic E-state index is 13.5. The number of hydrogen-bond acceptors (Lipinski definition) is 5. The Balaban J connectivity index is 1.91. The number of rotatable bonds is 12.